The molecule has 1 atom stereocenters. The van der Waals surface area contributed by atoms with Gasteiger partial charge in [0.25, 0.3) is 0 Å². The number of aromatic nitrogens is 1. The minimum Gasteiger partial charge on any atom is -0.323 e. The molecule has 19 heavy (non-hydrogen) atoms. The van der Waals surface area contributed by atoms with Crippen LogP contribution in [-0.2, 0) is 12.6 Å². The number of alkyl halides is 3. The van der Waals surface area contributed by atoms with Crippen molar-refractivity contribution in [1.82, 2.24) is 4.98 Å². The number of hydrogen-bond donors (Lipinski definition) is 1. The van der Waals surface area contributed by atoms with Gasteiger partial charge in [-0.2, -0.15) is 13.2 Å². The Morgan fingerprint density at radius 1 is 1.26 bits per heavy atom. The van der Waals surface area contributed by atoms with E-state index in [1.807, 2.05) is 31.2 Å². The third kappa shape index (κ3) is 3.54. The first-order valence-corrected chi connectivity index (χ1v) is 6.52. The number of nitrogens with two attached hydrogens (primary N) is 1. The average Bonchev–Trinajstić information content (AvgIpc) is 2.81. The second kappa shape index (κ2) is 5.30. The van der Waals surface area contributed by atoms with Gasteiger partial charge in [0.2, 0.25) is 0 Å². The van der Waals surface area contributed by atoms with Crippen molar-refractivity contribution in [1.29, 1.82) is 0 Å². The van der Waals surface area contributed by atoms with Gasteiger partial charge in [-0.15, -0.1) is 11.3 Å². The summed E-state index contributed by atoms with van der Waals surface area (Å²) in [5.74, 6) is 0. The maximum Gasteiger partial charge on any atom is 0.443 e. The van der Waals surface area contributed by atoms with Crippen molar-refractivity contribution in [2.24, 2.45) is 5.73 Å². The zero-order valence-corrected chi connectivity index (χ0v) is 11.1. The van der Waals surface area contributed by atoms with Crippen LogP contribution in [0.15, 0.2) is 30.5 Å². The molecule has 2 nitrogen and oxygen atoms in total. The lowest BCUT2D eigenvalue weighted by molar-refractivity contribution is -0.137. The third-order valence-corrected chi connectivity index (χ3v) is 3.88. The molecule has 0 saturated carbocycles. The Morgan fingerprint density at radius 3 is 2.42 bits per heavy atom. The molecule has 0 radical (unpaired) electrons. The van der Waals surface area contributed by atoms with Crippen molar-refractivity contribution in [2.45, 2.75) is 25.6 Å². The van der Waals surface area contributed by atoms with E-state index in [1.54, 1.807) is 0 Å². The topological polar surface area (TPSA) is 38.9 Å². The summed E-state index contributed by atoms with van der Waals surface area (Å²) >= 11 is 0.609. The summed E-state index contributed by atoms with van der Waals surface area (Å²) in [6.45, 7) is 1.97. The highest BCUT2D eigenvalue weighted by Crippen LogP contribution is 2.34. The Balaban J connectivity index is 2.09. The van der Waals surface area contributed by atoms with E-state index in [9.17, 15) is 13.2 Å². The highest BCUT2D eigenvalue weighted by molar-refractivity contribution is 7.11. The Hall–Kier alpha value is -1.40. The summed E-state index contributed by atoms with van der Waals surface area (Å²) in [4.78, 5) is 3.83. The monoisotopic (exact) mass is 286 g/mol. The van der Waals surface area contributed by atoms with Crippen LogP contribution >= 0.6 is 11.3 Å². The Morgan fingerprint density at radius 2 is 1.89 bits per heavy atom. The standard InChI is InChI=1S/C13H13F3N2S/c1-8-2-4-9(5-3-8)6-10(17)11-7-18-12(19-11)13(14,15)16/h2-5,7,10H,6,17H2,1H3. The predicted molar refractivity (Wildman–Crippen MR) is 68.9 cm³/mol. The molecule has 2 N–H and O–H groups in total. The van der Waals surface area contributed by atoms with Gasteiger partial charge in [0.1, 0.15) is 0 Å². The zero-order chi connectivity index (χ0) is 14.0. The fourth-order valence-corrected chi connectivity index (χ4v) is 2.45. The van der Waals surface area contributed by atoms with E-state index < -0.39 is 17.2 Å². The van der Waals surface area contributed by atoms with Crippen LogP contribution in [0.5, 0.6) is 0 Å². The molecule has 0 spiro atoms. The lowest BCUT2D eigenvalue weighted by Crippen LogP contribution is -2.11. The summed E-state index contributed by atoms with van der Waals surface area (Å²) in [6.07, 6.45) is -2.68. The molecule has 102 valence electrons. The highest BCUT2D eigenvalue weighted by Gasteiger charge is 2.35. The first kappa shape index (κ1) is 14.0. The van der Waals surface area contributed by atoms with Gasteiger partial charge in [-0.3, -0.25) is 0 Å². The quantitative estimate of drug-likeness (QED) is 0.934. The van der Waals surface area contributed by atoms with E-state index in [2.05, 4.69) is 4.98 Å². The lowest BCUT2D eigenvalue weighted by Gasteiger charge is -2.09. The number of nitrogens with zero attached hydrogens (tertiary/aromatic N) is 1. The third-order valence-electron chi connectivity index (χ3n) is 2.71. The summed E-state index contributed by atoms with van der Waals surface area (Å²) in [6, 6.07) is 7.31. The summed E-state index contributed by atoms with van der Waals surface area (Å²) in [5.41, 5.74) is 8.06. The van der Waals surface area contributed by atoms with Crippen molar-refractivity contribution in [3.63, 3.8) is 0 Å². The smallest absolute Gasteiger partial charge is 0.323 e. The lowest BCUT2D eigenvalue weighted by atomic mass is 10.0. The first-order chi connectivity index (χ1) is 8.86. The molecule has 0 amide bonds. The number of aryl methyl sites for hydroxylation is 1. The second-order valence-corrected chi connectivity index (χ2v) is 5.42. The number of halogens is 3. The van der Waals surface area contributed by atoms with Crippen LogP contribution in [0.2, 0.25) is 0 Å². The van der Waals surface area contributed by atoms with Crippen molar-refractivity contribution >= 4 is 11.3 Å². The SMILES string of the molecule is Cc1ccc(CC(N)c2cnc(C(F)(F)F)s2)cc1. The van der Waals surface area contributed by atoms with Gasteiger partial charge in [0.15, 0.2) is 5.01 Å². The van der Waals surface area contributed by atoms with Crippen LogP contribution in [0, 0.1) is 6.92 Å². The van der Waals surface area contributed by atoms with Gasteiger partial charge in [-0.25, -0.2) is 4.98 Å². The highest BCUT2D eigenvalue weighted by atomic mass is 32.1. The number of thiazole rings is 1. The van der Waals surface area contributed by atoms with Crippen molar-refractivity contribution in [2.75, 3.05) is 0 Å². The maximum atomic E-state index is 12.4. The van der Waals surface area contributed by atoms with Crippen LogP contribution in [0.3, 0.4) is 0 Å². The Kier molecular flexibility index (Phi) is 3.91. The molecule has 6 heteroatoms. The molecular formula is C13H13F3N2S. The van der Waals surface area contributed by atoms with Gasteiger partial charge < -0.3 is 5.73 Å². The van der Waals surface area contributed by atoms with E-state index in [0.717, 1.165) is 11.1 Å². The Bertz CT molecular complexity index is 546. The molecule has 1 heterocycles. The molecule has 1 aromatic carbocycles. The van der Waals surface area contributed by atoms with E-state index in [-0.39, 0.29) is 0 Å². The maximum absolute atomic E-state index is 12.4. The van der Waals surface area contributed by atoms with Gasteiger partial charge >= 0.3 is 6.18 Å². The minimum atomic E-state index is -4.40. The fourth-order valence-electron chi connectivity index (χ4n) is 1.67. The molecular weight excluding hydrogens is 273 g/mol. The summed E-state index contributed by atoms with van der Waals surface area (Å²) < 4.78 is 37.3. The first-order valence-electron chi connectivity index (χ1n) is 5.70. The molecule has 0 saturated heterocycles. The Labute approximate surface area is 113 Å². The van der Waals surface area contributed by atoms with Crippen LogP contribution in [0.1, 0.15) is 27.1 Å². The molecule has 0 bridgehead atoms. The normalized spacial score (nSPS) is 13.5. The van der Waals surface area contributed by atoms with Gasteiger partial charge in [-0.05, 0) is 18.9 Å². The average molecular weight is 286 g/mol. The van der Waals surface area contributed by atoms with Gasteiger partial charge in [0, 0.05) is 17.1 Å². The fraction of sp³-hybridized carbons (Fsp3) is 0.308. The van der Waals surface area contributed by atoms with Gasteiger partial charge in [0.05, 0.1) is 0 Å². The van der Waals surface area contributed by atoms with E-state index in [4.69, 9.17) is 5.73 Å². The van der Waals surface area contributed by atoms with Gasteiger partial charge in [-0.1, -0.05) is 29.8 Å². The van der Waals surface area contributed by atoms with E-state index in [0.29, 0.717) is 22.6 Å². The molecule has 0 fully saturated rings. The zero-order valence-electron chi connectivity index (χ0n) is 10.2. The van der Waals surface area contributed by atoms with Crippen molar-refractivity contribution < 1.29 is 13.2 Å². The molecule has 2 aromatic rings. The number of benzene rings is 1. The van der Waals surface area contributed by atoms with Crippen LogP contribution in [0.25, 0.3) is 0 Å². The molecule has 0 aliphatic carbocycles. The summed E-state index contributed by atoms with van der Waals surface area (Å²) in [7, 11) is 0. The minimum absolute atomic E-state index is 0.452. The van der Waals surface area contributed by atoms with Crippen molar-refractivity contribution in [3.05, 3.63) is 51.5 Å². The van der Waals surface area contributed by atoms with E-state index in [1.165, 1.54) is 6.20 Å². The largest absolute Gasteiger partial charge is 0.443 e. The summed E-state index contributed by atoms with van der Waals surface area (Å²) in [5, 5.41) is -0.846. The number of hydrogen-bond acceptors (Lipinski definition) is 3. The number of rotatable bonds is 3. The van der Waals surface area contributed by atoms with Crippen LogP contribution in [-0.4, -0.2) is 4.98 Å². The molecule has 0 aliphatic heterocycles. The van der Waals surface area contributed by atoms with Crippen LogP contribution in [0.4, 0.5) is 13.2 Å². The molecule has 1 unspecified atom stereocenters. The molecule has 1 aromatic heterocycles. The van der Waals surface area contributed by atoms with Crippen molar-refractivity contribution in [3.8, 4) is 0 Å². The van der Waals surface area contributed by atoms with Crippen LogP contribution < -0.4 is 5.73 Å². The van der Waals surface area contributed by atoms with E-state index >= 15 is 0 Å². The molecule has 2 rings (SSSR count). The molecule has 0 aliphatic rings. The second-order valence-electron chi connectivity index (χ2n) is 4.36. The predicted octanol–water partition coefficient (Wildman–Crippen LogP) is 3.71.